The number of esters is 1. The van der Waals surface area contributed by atoms with Gasteiger partial charge in [-0.2, -0.15) is 0 Å². The molecule has 1 aromatic carbocycles. The van der Waals surface area contributed by atoms with Crippen molar-refractivity contribution in [3.63, 3.8) is 0 Å². The SMILES string of the molecule is COc1cccc(/C=C2/C(=O)OC(C(C)(C)C)OC2C)c1. The van der Waals surface area contributed by atoms with Crippen LogP contribution in [0.1, 0.15) is 33.3 Å². The van der Waals surface area contributed by atoms with Crippen LogP contribution in [0, 0.1) is 5.41 Å². The van der Waals surface area contributed by atoms with Gasteiger partial charge in [0.2, 0.25) is 6.29 Å². The molecule has 0 bridgehead atoms. The molecule has 114 valence electrons. The minimum atomic E-state index is -0.526. The summed E-state index contributed by atoms with van der Waals surface area (Å²) >= 11 is 0. The lowest BCUT2D eigenvalue weighted by Crippen LogP contribution is -2.43. The maximum Gasteiger partial charge on any atom is 0.339 e. The Bertz CT molecular complexity index is 554. The van der Waals surface area contributed by atoms with Crippen molar-refractivity contribution in [1.29, 1.82) is 0 Å². The number of carbonyl (C=O) groups is 1. The van der Waals surface area contributed by atoms with E-state index in [1.165, 1.54) is 0 Å². The molecule has 0 saturated carbocycles. The number of ether oxygens (including phenoxy) is 3. The lowest BCUT2D eigenvalue weighted by atomic mass is 9.94. The number of rotatable bonds is 2. The van der Waals surface area contributed by atoms with Crippen LogP contribution in [-0.4, -0.2) is 25.5 Å². The van der Waals surface area contributed by atoms with Gasteiger partial charge >= 0.3 is 5.97 Å². The Kier molecular flexibility index (Phi) is 4.37. The van der Waals surface area contributed by atoms with Crippen molar-refractivity contribution in [2.45, 2.75) is 40.1 Å². The third-order valence-corrected chi connectivity index (χ3v) is 3.34. The molecule has 0 radical (unpaired) electrons. The van der Waals surface area contributed by atoms with Crippen molar-refractivity contribution in [3.05, 3.63) is 35.4 Å². The first-order chi connectivity index (χ1) is 9.81. The van der Waals surface area contributed by atoms with Crippen LogP contribution in [0.25, 0.3) is 6.08 Å². The average Bonchev–Trinajstić information content (AvgIpc) is 2.42. The molecule has 0 aromatic heterocycles. The molecule has 0 N–H and O–H groups in total. The fourth-order valence-electron chi connectivity index (χ4n) is 2.09. The zero-order chi connectivity index (χ0) is 15.6. The molecule has 0 amide bonds. The fourth-order valence-corrected chi connectivity index (χ4v) is 2.09. The van der Waals surface area contributed by atoms with Crippen LogP contribution in [0.5, 0.6) is 5.75 Å². The third-order valence-electron chi connectivity index (χ3n) is 3.34. The van der Waals surface area contributed by atoms with Crippen LogP contribution in [0.15, 0.2) is 29.8 Å². The van der Waals surface area contributed by atoms with Crippen LogP contribution in [0.4, 0.5) is 0 Å². The predicted octanol–water partition coefficient (Wildman–Crippen LogP) is 3.41. The summed E-state index contributed by atoms with van der Waals surface area (Å²) in [5, 5.41) is 0. The lowest BCUT2D eigenvalue weighted by molar-refractivity contribution is -0.225. The Morgan fingerprint density at radius 1 is 1.29 bits per heavy atom. The van der Waals surface area contributed by atoms with Crippen molar-refractivity contribution in [2.75, 3.05) is 7.11 Å². The molecule has 4 heteroatoms. The number of hydrogen-bond donors (Lipinski definition) is 0. The largest absolute Gasteiger partial charge is 0.497 e. The van der Waals surface area contributed by atoms with Gasteiger partial charge in [0.25, 0.3) is 0 Å². The topological polar surface area (TPSA) is 44.8 Å². The minimum Gasteiger partial charge on any atom is -0.497 e. The highest BCUT2D eigenvalue weighted by Gasteiger charge is 2.38. The van der Waals surface area contributed by atoms with E-state index < -0.39 is 6.29 Å². The summed E-state index contributed by atoms with van der Waals surface area (Å²) < 4.78 is 16.4. The Morgan fingerprint density at radius 3 is 2.57 bits per heavy atom. The summed E-state index contributed by atoms with van der Waals surface area (Å²) in [6.45, 7) is 7.81. The summed E-state index contributed by atoms with van der Waals surface area (Å²) in [6, 6.07) is 7.51. The zero-order valence-electron chi connectivity index (χ0n) is 13.2. The number of carbonyl (C=O) groups excluding carboxylic acids is 1. The second-order valence-corrected chi connectivity index (χ2v) is 6.26. The first-order valence-corrected chi connectivity index (χ1v) is 7.03. The molecule has 1 fully saturated rings. The van der Waals surface area contributed by atoms with Gasteiger partial charge in [-0.25, -0.2) is 4.79 Å². The standard InChI is InChI=1S/C17H22O4/c1-11-14(10-12-7-6-8-13(9-12)19-5)15(18)21-16(20-11)17(2,3)4/h6-11,16H,1-5H3/b14-10+. The van der Waals surface area contributed by atoms with Gasteiger partial charge in [0.15, 0.2) is 0 Å². The molecular formula is C17H22O4. The van der Waals surface area contributed by atoms with Gasteiger partial charge in [-0.15, -0.1) is 0 Å². The first kappa shape index (κ1) is 15.6. The molecule has 0 aliphatic carbocycles. The summed E-state index contributed by atoms with van der Waals surface area (Å²) in [4.78, 5) is 12.2. The van der Waals surface area contributed by atoms with Gasteiger partial charge in [-0.3, -0.25) is 0 Å². The van der Waals surface area contributed by atoms with Crippen LogP contribution in [-0.2, 0) is 14.3 Å². The molecule has 1 saturated heterocycles. The van der Waals surface area contributed by atoms with Gasteiger partial charge in [-0.1, -0.05) is 32.9 Å². The number of hydrogen-bond acceptors (Lipinski definition) is 4. The van der Waals surface area contributed by atoms with E-state index in [0.717, 1.165) is 11.3 Å². The van der Waals surface area contributed by atoms with Crippen LogP contribution in [0.2, 0.25) is 0 Å². The lowest BCUT2D eigenvalue weighted by Gasteiger charge is -2.36. The molecule has 4 nitrogen and oxygen atoms in total. The molecule has 1 aliphatic heterocycles. The predicted molar refractivity (Wildman–Crippen MR) is 80.9 cm³/mol. The molecule has 1 heterocycles. The molecule has 1 aliphatic rings. The molecule has 1 aromatic rings. The zero-order valence-corrected chi connectivity index (χ0v) is 13.2. The van der Waals surface area contributed by atoms with E-state index in [-0.39, 0.29) is 17.5 Å². The number of cyclic esters (lactones) is 1. The summed E-state index contributed by atoms with van der Waals surface area (Å²) in [7, 11) is 1.61. The van der Waals surface area contributed by atoms with Crippen LogP contribution < -0.4 is 4.74 Å². The van der Waals surface area contributed by atoms with Crippen molar-refractivity contribution in [1.82, 2.24) is 0 Å². The van der Waals surface area contributed by atoms with E-state index in [1.54, 1.807) is 13.2 Å². The summed E-state index contributed by atoms with van der Waals surface area (Å²) in [5.74, 6) is 0.422. The summed E-state index contributed by atoms with van der Waals surface area (Å²) in [5.41, 5.74) is 1.15. The third kappa shape index (κ3) is 3.64. The Labute approximate surface area is 125 Å². The summed E-state index contributed by atoms with van der Waals surface area (Å²) in [6.07, 6.45) is 0.957. The van der Waals surface area contributed by atoms with Crippen molar-refractivity contribution in [3.8, 4) is 5.75 Å². The van der Waals surface area contributed by atoms with E-state index in [2.05, 4.69) is 0 Å². The highest BCUT2D eigenvalue weighted by Crippen LogP contribution is 2.31. The van der Waals surface area contributed by atoms with Crippen molar-refractivity contribution < 1.29 is 19.0 Å². The normalized spacial score (nSPS) is 24.8. The van der Waals surface area contributed by atoms with Gasteiger partial charge in [-0.05, 0) is 30.7 Å². The van der Waals surface area contributed by atoms with Crippen molar-refractivity contribution >= 4 is 12.0 Å². The first-order valence-electron chi connectivity index (χ1n) is 7.03. The van der Waals surface area contributed by atoms with Gasteiger partial charge in [0.1, 0.15) is 5.75 Å². The minimum absolute atomic E-state index is 0.245. The van der Waals surface area contributed by atoms with Crippen LogP contribution >= 0.6 is 0 Å². The maximum atomic E-state index is 12.2. The molecule has 2 unspecified atom stereocenters. The maximum absolute atomic E-state index is 12.2. The van der Waals surface area contributed by atoms with Crippen molar-refractivity contribution in [2.24, 2.45) is 5.41 Å². The van der Waals surface area contributed by atoms with Gasteiger partial charge in [0.05, 0.1) is 18.8 Å². The van der Waals surface area contributed by atoms with Crippen LogP contribution in [0.3, 0.4) is 0 Å². The van der Waals surface area contributed by atoms with E-state index in [0.29, 0.717) is 5.57 Å². The Balaban J connectivity index is 2.24. The monoisotopic (exact) mass is 290 g/mol. The highest BCUT2D eigenvalue weighted by atomic mass is 16.7. The smallest absolute Gasteiger partial charge is 0.339 e. The molecule has 0 spiro atoms. The van der Waals surface area contributed by atoms with E-state index in [9.17, 15) is 4.79 Å². The fraction of sp³-hybridized carbons (Fsp3) is 0.471. The molecule has 21 heavy (non-hydrogen) atoms. The second kappa shape index (κ2) is 5.90. The second-order valence-electron chi connectivity index (χ2n) is 6.26. The van der Waals surface area contributed by atoms with Gasteiger partial charge in [0, 0.05) is 5.41 Å². The highest BCUT2D eigenvalue weighted by molar-refractivity contribution is 5.95. The number of benzene rings is 1. The molecular weight excluding hydrogens is 268 g/mol. The Morgan fingerprint density at radius 2 is 2.00 bits per heavy atom. The van der Waals surface area contributed by atoms with E-state index in [4.69, 9.17) is 14.2 Å². The molecule has 2 rings (SSSR count). The number of methoxy groups -OCH3 is 1. The Hall–Kier alpha value is -1.81. The average molecular weight is 290 g/mol. The van der Waals surface area contributed by atoms with Gasteiger partial charge < -0.3 is 14.2 Å². The quantitative estimate of drug-likeness (QED) is 0.618. The molecule has 2 atom stereocenters. The van der Waals surface area contributed by atoms with E-state index in [1.807, 2.05) is 52.0 Å². The van der Waals surface area contributed by atoms with E-state index >= 15 is 0 Å².